The van der Waals surface area contributed by atoms with E-state index in [0.717, 1.165) is 17.7 Å². The van der Waals surface area contributed by atoms with E-state index in [1.165, 1.54) is 5.75 Å². The molecule has 0 aromatic carbocycles. The minimum Gasteiger partial charge on any atom is -0.444 e. The molecule has 2 heterocycles. The lowest BCUT2D eigenvalue weighted by Crippen LogP contribution is -2.40. The average Bonchev–Trinajstić information content (AvgIpc) is 2.80. The van der Waals surface area contributed by atoms with Crippen LogP contribution in [0.4, 0.5) is 10.6 Å². The van der Waals surface area contributed by atoms with Gasteiger partial charge in [0.2, 0.25) is 0 Å². The summed E-state index contributed by atoms with van der Waals surface area (Å²) in [6, 6.07) is 0.480. The summed E-state index contributed by atoms with van der Waals surface area (Å²) in [5.74, 6) is 2.92. The summed E-state index contributed by atoms with van der Waals surface area (Å²) in [7, 11) is 0. The zero-order valence-corrected chi connectivity index (χ0v) is 15.5. The van der Waals surface area contributed by atoms with Crippen LogP contribution >= 0.6 is 11.8 Å². The van der Waals surface area contributed by atoms with Gasteiger partial charge in [-0.05, 0) is 38.4 Å². The van der Waals surface area contributed by atoms with Crippen molar-refractivity contribution in [3.8, 4) is 0 Å². The van der Waals surface area contributed by atoms with Crippen LogP contribution in [0.2, 0.25) is 0 Å². The number of amides is 1. The molecule has 1 fully saturated rings. The first-order chi connectivity index (χ1) is 10.6. The van der Waals surface area contributed by atoms with Crippen LogP contribution in [-0.2, 0) is 11.3 Å². The van der Waals surface area contributed by atoms with Crippen molar-refractivity contribution >= 4 is 23.7 Å². The molecule has 1 aliphatic rings. The Bertz CT molecular complexity index is 536. The van der Waals surface area contributed by atoms with Crippen LogP contribution in [0.25, 0.3) is 0 Å². The molecule has 0 aliphatic carbocycles. The van der Waals surface area contributed by atoms with Gasteiger partial charge in [0.25, 0.3) is 0 Å². The van der Waals surface area contributed by atoms with E-state index in [1.54, 1.807) is 6.20 Å². The number of aromatic amines is 1. The van der Waals surface area contributed by atoms with Crippen LogP contribution in [0.3, 0.4) is 0 Å². The molecule has 1 aromatic heterocycles. The lowest BCUT2D eigenvalue weighted by atomic mass is 9.88. The molecule has 1 saturated heterocycles. The highest BCUT2D eigenvalue weighted by atomic mass is 32.2. The minimum absolute atomic E-state index is 0.370. The van der Waals surface area contributed by atoms with Crippen LogP contribution in [0.15, 0.2) is 6.20 Å². The number of rotatable bonds is 4. The number of aromatic nitrogens is 2. The first kappa shape index (κ1) is 18.1. The molecule has 130 valence electrons. The fourth-order valence-electron chi connectivity index (χ4n) is 2.61. The van der Waals surface area contributed by atoms with Gasteiger partial charge in [-0.2, -0.15) is 16.9 Å². The van der Waals surface area contributed by atoms with Gasteiger partial charge in [0, 0.05) is 23.9 Å². The normalized spacial score (nSPS) is 21.0. The summed E-state index contributed by atoms with van der Waals surface area (Å²) >= 11 is 1.99. The maximum atomic E-state index is 11.9. The van der Waals surface area contributed by atoms with E-state index in [-0.39, 0.29) is 0 Å². The average molecular weight is 340 g/mol. The molecule has 3 N–H and O–H groups in total. The largest absolute Gasteiger partial charge is 0.444 e. The summed E-state index contributed by atoms with van der Waals surface area (Å²) in [5, 5.41) is 13.1. The Balaban J connectivity index is 1.87. The first-order valence-corrected chi connectivity index (χ1v) is 9.13. The summed E-state index contributed by atoms with van der Waals surface area (Å²) in [5.41, 5.74) is 0.784. The molecule has 1 amide bonds. The van der Waals surface area contributed by atoms with Crippen molar-refractivity contribution in [2.24, 2.45) is 5.41 Å². The number of anilines is 1. The molecule has 1 atom stereocenters. The Hall–Kier alpha value is -1.21. The van der Waals surface area contributed by atoms with Crippen molar-refractivity contribution in [1.29, 1.82) is 0 Å². The minimum atomic E-state index is -0.520. The molecular weight excluding hydrogens is 312 g/mol. The monoisotopic (exact) mass is 340 g/mol. The van der Waals surface area contributed by atoms with Crippen molar-refractivity contribution in [1.82, 2.24) is 15.5 Å². The van der Waals surface area contributed by atoms with E-state index < -0.39 is 11.7 Å². The molecule has 0 spiro atoms. The third kappa shape index (κ3) is 6.06. The molecule has 0 radical (unpaired) electrons. The number of nitrogens with one attached hydrogen (secondary N) is 3. The Labute approximate surface area is 142 Å². The Kier molecular flexibility index (Phi) is 5.62. The predicted octanol–water partition coefficient (Wildman–Crippen LogP) is 3.38. The third-order valence-corrected chi connectivity index (χ3v) is 5.16. The summed E-state index contributed by atoms with van der Waals surface area (Å²) in [6.07, 6.45) is 2.42. The smallest absolute Gasteiger partial charge is 0.413 e. The Morgan fingerprint density at radius 2 is 2.26 bits per heavy atom. The van der Waals surface area contributed by atoms with E-state index in [9.17, 15) is 4.79 Å². The summed E-state index contributed by atoms with van der Waals surface area (Å²) in [4.78, 5) is 11.9. The fourth-order valence-corrected chi connectivity index (χ4v) is 3.92. The van der Waals surface area contributed by atoms with Gasteiger partial charge in [-0.3, -0.25) is 10.4 Å². The summed E-state index contributed by atoms with van der Waals surface area (Å²) in [6.45, 7) is 10.8. The second kappa shape index (κ2) is 7.13. The number of H-pyrrole nitrogens is 1. The number of carbonyl (C=O) groups is 1. The molecule has 2 rings (SSSR count). The topological polar surface area (TPSA) is 79.0 Å². The molecule has 0 bridgehead atoms. The number of nitrogens with zero attached hydrogens (tertiary/aromatic N) is 1. The van der Waals surface area contributed by atoms with Crippen molar-refractivity contribution in [2.75, 3.05) is 16.8 Å². The molecular formula is C16H28N4O2S. The van der Waals surface area contributed by atoms with E-state index in [0.29, 0.717) is 23.8 Å². The third-order valence-electron chi connectivity index (χ3n) is 3.54. The van der Waals surface area contributed by atoms with Crippen LogP contribution in [0, 0.1) is 5.41 Å². The highest BCUT2D eigenvalue weighted by Gasteiger charge is 2.28. The van der Waals surface area contributed by atoms with Crippen LogP contribution in [0.5, 0.6) is 0 Å². The highest BCUT2D eigenvalue weighted by Crippen LogP contribution is 2.33. The van der Waals surface area contributed by atoms with Gasteiger partial charge in [-0.1, -0.05) is 13.8 Å². The van der Waals surface area contributed by atoms with Crippen LogP contribution in [-0.4, -0.2) is 39.4 Å². The van der Waals surface area contributed by atoms with Crippen molar-refractivity contribution in [2.45, 2.75) is 59.2 Å². The molecule has 1 unspecified atom stereocenters. The molecule has 1 aliphatic heterocycles. The van der Waals surface area contributed by atoms with E-state index in [2.05, 4.69) is 34.7 Å². The van der Waals surface area contributed by atoms with Gasteiger partial charge in [0.1, 0.15) is 11.4 Å². The first-order valence-electron chi connectivity index (χ1n) is 7.98. The highest BCUT2D eigenvalue weighted by molar-refractivity contribution is 7.99. The van der Waals surface area contributed by atoms with Crippen molar-refractivity contribution < 1.29 is 9.53 Å². The van der Waals surface area contributed by atoms with Gasteiger partial charge < -0.3 is 10.1 Å². The number of ether oxygens (including phenoxy) is 1. The van der Waals surface area contributed by atoms with Crippen LogP contribution < -0.4 is 10.6 Å². The second-order valence-corrected chi connectivity index (χ2v) is 8.89. The standard InChI is InChI=1S/C16H28N4O2S/c1-15(2,3)22-14(21)19-13-11(8-18-20-13)7-17-12-6-16(4,5)10-23-9-12/h8,12,17H,6-7,9-10H2,1-5H3,(H2,18,19,20,21). The van der Waals surface area contributed by atoms with Crippen LogP contribution in [0.1, 0.15) is 46.6 Å². The zero-order chi connectivity index (χ0) is 17.1. The predicted molar refractivity (Wildman–Crippen MR) is 94.8 cm³/mol. The lowest BCUT2D eigenvalue weighted by Gasteiger charge is -2.35. The van der Waals surface area contributed by atoms with E-state index >= 15 is 0 Å². The maximum absolute atomic E-state index is 11.9. The lowest BCUT2D eigenvalue weighted by molar-refractivity contribution is 0.0635. The number of hydrogen-bond donors (Lipinski definition) is 3. The van der Waals surface area contributed by atoms with Gasteiger partial charge in [0.15, 0.2) is 0 Å². The SMILES string of the molecule is CC1(C)CSCC(NCc2cn[nH]c2NC(=O)OC(C)(C)C)C1. The molecule has 0 saturated carbocycles. The van der Waals surface area contributed by atoms with Gasteiger partial charge in [-0.15, -0.1) is 0 Å². The Morgan fingerprint density at radius 3 is 2.91 bits per heavy atom. The van der Waals surface area contributed by atoms with E-state index in [1.807, 2.05) is 32.5 Å². The molecule has 6 nitrogen and oxygen atoms in total. The zero-order valence-electron chi connectivity index (χ0n) is 14.7. The number of carbonyl (C=O) groups excluding carboxylic acids is 1. The number of thioether (sulfide) groups is 1. The molecule has 7 heteroatoms. The van der Waals surface area contributed by atoms with Gasteiger partial charge in [-0.25, -0.2) is 4.79 Å². The van der Waals surface area contributed by atoms with Gasteiger partial charge in [0.05, 0.1) is 6.20 Å². The van der Waals surface area contributed by atoms with Crippen molar-refractivity contribution in [3.63, 3.8) is 0 Å². The van der Waals surface area contributed by atoms with Crippen molar-refractivity contribution in [3.05, 3.63) is 11.8 Å². The van der Waals surface area contributed by atoms with E-state index in [4.69, 9.17) is 4.74 Å². The Morgan fingerprint density at radius 1 is 1.52 bits per heavy atom. The fraction of sp³-hybridized carbons (Fsp3) is 0.750. The number of hydrogen-bond acceptors (Lipinski definition) is 5. The maximum Gasteiger partial charge on any atom is 0.413 e. The molecule has 23 heavy (non-hydrogen) atoms. The van der Waals surface area contributed by atoms with Gasteiger partial charge >= 0.3 is 6.09 Å². The summed E-state index contributed by atoms with van der Waals surface area (Å²) < 4.78 is 5.27. The quantitative estimate of drug-likeness (QED) is 0.783. The molecule has 1 aromatic rings. The second-order valence-electron chi connectivity index (χ2n) is 7.86.